The topological polar surface area (TPSA) is 111 Å². The maximum atomic E-state index is 15.6. The Kier molecular flexibility index (Phi) is 11.3. The number of anilines is 2. The van der Waals surface area contributed by atoms with Crippen LogP contribution in [0.25, 0.3) is 32.9 Å². The van der Waals surface area contributed by atoms with Crippen molar-refractivity contribution in [2.75, 3.05) is 36.0 Å². The molecule has 1 saturated heterocycles. The number of aromatic nitrogens is 5. The molecule has 4 aromatic heterocycles. The van der Waals surface area contributed by atoms with Gasteiger partial charge in [0.05, 0.1) is 46.3 Å². The van der Waals surface area contributed by atoms with Crippen LogP contribution in [0.5, 0.6) is 5.75 Å². The predicted molar refractivity (Wildman–Crippen MR) is 253 cm³/mol. The molecular weight excluding hydrogens is 834 g/mol. The third-order valence-electron chi connectivity index (χ3n) is 13.0. The lowest BCUT2D eigenvalue weighted by Gasteiger charge is -2.35. The van der Waals surface area contributed by atoms with Gasteiger partial charge in [0.15, 0.2) is 0 Å². The largest absolute Gasteiger partial charge is 0.494 e. The van der Waals surface area contributed by atoms with Gasteiger partial charge in [-0.15, -0.1) is 0 Å². The molecule has 326 valence electrons. The first-order valence-corrected chi connectivity index (χ1v) is 22.6. The van der Waals surface area contributed by atoms with Crippen molar-refractivity contribution in [3.8, 4) is 16.9 Å². The normalized spacial score (nSPS) is 15.5. The summed E-state index contributed by atoms with van der Waals surface area (Å²) in [6.07, 6.45) is 6.51. The van der Waals surface area contributed by atoms with Crippen molar-refractivity contribution in [3.63, 3.8) is 0 Å². The lowest BCUT2D eigenvalue weighted by Crippen LogP contribution is -2.43. The quantitative estimate of drug-likeness (QED) is 0.129. The summed E-state index contributed by atoms with van der Waals surface area (Å²) in [4.78, 5) is 37.6. The number of rotatable bonds is 11. The van der Waals surface area contributed by atoms with E-state index in [2.05, 4.69) is 22.5 Å². The number of nitrogens with zero attached hydrogens (tertiary/aromatic N) is 7. The molecule has 0 spiro atoms. The second kappa shape index (κ2) is 16.7. The number of carbonyl (C=O) groups excluding carboxylic acids is 1. The van der Waals surface area contributed by atoms with Gasteiger partial charge in [-0.2, -0.15) is 5.10 Å². The van der Waals surface area contributed by atoms with Crippen molar-refractivity contribution in [2.24, 2.45) is 7.05 Å². The van der Waals surface area contributed by atoms with Crippen LogP contribution in [-0.2, 0) is 20.0 Å². The van der Waals surface area contributed by atoms with Gasteiger partial charge in [-0.25, -0.2) is 4.79 Å². The molecule has 0 radical (unpaired) electrons. The molecule has 2 aliphatic rings. The Hall–Kier alpha value is -5.78. The van der Waals surface area contributed by atoms with E-state index in [1.807, 2.05) is 104 Å². The second-order valence-electron chi connectivity index (χ2n) is 17.5. The standard InChI is InChI=1S/C50H53Cl2N7O4/c1-28-20-34-24-42(50(61)62)57(27-35-25-36(15-16-53-35)56-17-9-8-10-18-56)46(34)41(21-28)58-26-31(4)59-47-39(13-14-40(51)44(47)43-32(5)54-55(7)33(43)6)38(48(59)49(58)60)12-11-19-63-37-22-29(2)45(52)30(3)23-37/h13-16,20-25,31H,8-12,17-19,26-27H2,1-7H3,(H,61,62). The molecule has 11 nitrogen and oxygen atoms in total. The Bertz CT molecular complexity index is 2950. The van der Waals surface area contributed by atoms with Gasteiger partial charge in [0.1, 0.15) is 17.1 Å². The average molecular weight is 887 g/mol. The number of ether oxygens (including phenoxy) is 1. The molecule has 1 N–H and O–H groups in total. The maximum Gasteiger partial charge on any atom is 0.352 e. The number of pyridine rings is 1. The number of carboxylic acid groups (broad SMARTS) is 1. The summed E-state index contributed by atoms with van der Waals surface area (Å²) in [5, 5.41) is 18.4. The zero-order valence-electron chi connectivity index (χ0n) is 37.0. The van der Waals surface area contributed by atoms with E-state index in [4.69, 9.17) is 38.0 Å². The van der Waals surface area contributed by atoms with Crippen LogP contribution < -0.4 is 14.5 Å². The zero-order chi connectivity index (χ0) is 44.4. The number of carboxylic acids is 1. The highest BCUT2D eigenvalue weighted by Gasteiger charge is 2.38. The van der Waals surface area contributed by atoms with Crippen LogP contribution in [0.15, 0.2) is 60.8 Å². The summed E-state index contributed by atoms with van der Waals surface area (Å²) in [5.74, 6) is -0.446. The van der Waals surface area contributed by atoms with Gasteiger partial charge in [-0.05, 0) is 144 Å². The molecule has 2 aliphatic heterocycles. The van der Waals surface area contributed by atoms with Crippen LogP contribution in [0.1, 0.15) is 99.0 Å². The van der Waals surface area contributed by atoms with Crippen LogP contribution in [0, 0.1) is 34.6 Å². The first kappa shape index (κ1) is 42.5. The smallest absolute Gasteiger partial charge is 0.352 e. The van der Waals surface area contributed by atoms with Crippen LogP contribution in [0.3, 0.4) is 0 Å². The highest BCUT2D eigenvalue weighted by molar-refractivity contribution is 6.35. The fourth-order valence-corrected chi connectivity index (χ4v) is 10.4. The fourth-order valence-electron chi connectivity index (χ4n) is 10.1. The van der Waals surface area contributed by atoms with Gasteiger partial charge < -0.3 is 28.8 Å². The molecule has 1 atom stereocenters. The summed E-state index contributed by atoms with van der Waals surface area (Å²) in [6.45, 7) is 15.1. The van der Waals surface area contributed by atoms with E-state index in [0.29, 0.717) is 47.9 Å². The van der Waals surface area contributed by atoms with Crippen LogP contribution in [-0.4, -0.2) is 67.1 Å². The molecule has 1 amide bonds. The van der Waals surface area contributed by atoms with E-state index >= 15 is 4.79 Å². The van der Waals surface area contributed by atoms with Gasteiger partial charge in [-0.3, -0.25) is 14.5 Å². The molecule has 13 heteroatoms. The van der Waals surface area contributed by atoms with E-state index in [0.717, 1.165) is 109 Å². The molecule has 0 aliphatic carbocycles. The molecule has 7 aromatic rings. The number of benzene rings is 3. The van der Waals surface area contributed by atoms with Crippen molar-refractivity contribution in [3.05, 3.63) is 122 Å². The molecule has 6 heterocycles. The van der Waals surface area contributed by atoms with E-state index in [9.17, 15) is 9.90 Å². The fraction of sp³-hybridized carbons (Fsp3) is 0.360. The predicted octanol–water partition coefficient (Wildman–Crippen LogP) is 11.2. The van der Waals surface area contributed by atoms with Crippen molar-refractivity contribution < 1.29 is 19.4 Å². The highest BCUT2D eigenvalue weighted by Crippen LogP contribution is 2.46. The zero-order valence-corrected chi connectivity index (χ0v) is 38.5. The average Bonchev–Trinajstić information content (AvgIpc) is 3.88. The van der Waals surface area contributed by atoms with Crippen LogP contribution in [0.4, 0.5) is 11.4 Å². The minimum Gasteiger partial charge on any atom is -0.494 e. The number of halogens is 2. The lowest BCUT2D eigenvalue weighted by molar-refractivity contribution is 0.0686. The summed E-state index contributed by atoms with van der Waals surface area (Å²) in [7, 11) is 1.93. The van der Waals surface area contributed by atoms with Crippen LogP contribution >= 0.6 is 23.2 Å². The number of fused-ring (bicyclic) bond motifs is 4. The third-order valence-corrected chi connectivity index (χ3v) is 13.9. The van der Waals surface area contributed by atoms with Gasteiger partial charge in [0.2, 0.25) is 0 Å². The SMILES string of the molecule is Cc1cc(N2CC(C)n3c(c(CCCOc4cc(C)c(Cl)c(C)c4)c4ccc(Cl)c(-c5c(C)nn(C)c5C)c43)C2=O)c2c(c1)cc(C(=O)O)n2Cc1cc(N2CCCCC2)ccn1. The molecule has 1 unspecified atom stereocenters. The summed E-state index contributed by atoms with van der Waals surface area (Å²) in [6, 6.07) is 17.5. The van der Waals surface area contributed by atoms with Gasteiger partial charge >= 0.3 is 5.97 Å². The van der Waals surface area contributed by atoms with Crippen molar-refractivity contribution in [1.82, 2.24) is 23.9 Å². The maximum absolute atomic E-state index is 15.6. The number of piperidine rings is 1. The minimum atomic E-state index is -1.04. The number of aromatic carboxylic acids is 1. The molecule has 63 heavy (non-hydrogen) atoms. The Morgan fingerprint density at radius 1 is 0.921 bits per heavy atom. The number of carbonyl (C=O) groups is 2. The Morgan fingerprint density at radius 3 is 2.37 bits per heavy atom. The van der Waals surface area contributed by atoms with E-state index < -0.39 is 5.97 Å². The van der Waals surface area contributed by atoms with Gasteiger partial charge in [0.25, 0.3) is 5.91 Å². The van der Waals surface area contributed by atoms with Gasteiger partial charge in [0, 0.05) is 77.2 Å². The molecule has 3 aromatic carbocycles. The molecule has 0 bridgehead atoms. The minimum absolute atomic E-state index is 0.141. The number of hydrogen-bond acceptors (Lipinski definition) is 6. The van der Waals surface area contributed by atoms with E-state index in [1.54, 1.807) is 6.07 Å². The summed E-state index contributed by atoms with van der Waals surface area (Å²) in [5.41, 5.74) is 12.2. The summed E-state index contributed by atoms with van der Waals surface area (Å²) >= 11 is 13.7. The lowest BCUT2D eigenvalue weighted by atomic mass is 9.98. The highest BCUT2D eigenvalue weighted by atomic mass is 35.5. The van der Waals surface area contributed by atoms with E-state index in [-0.39, 0.29) is 24.2 Å². The van der Waals surface area contributed by atoms with Crippen molar-refractivity contribution in [1.29, 1.82) is 0 Å². The molecule has 1 fully saturated rings. The monoisotopic (exact) mass is 885 g/mol. The van der Waals surface area contributed by atoms with Gasteiger partial charge in [-0.1, -0.05) is 29.3 Å². The number of amides is 1. The Morgan fingerprint density at radius 2 is 1.67 bits per heavy atom. The second-order valence-corrected chi connectivity index (χ2v) is 18.3. The first-order valence-electron chi connectivity index (χ1n) is 21.9. The Labute approximate surface area is 377 Å². The van der Waals surface area contributed by atoms with Crippen LogP contribution in [0.2, 0.25) is 10.0 Å². The molecule has 0 saturated carbocycles. The number of aryl methyl sites for hydroxylation is 6. The van der Waals surface area contributed by atoms with Crippen molar-refractivity contribution >= 4 is 68.3 Å². The van der Waals surface area contributed by atoms with Crippen molar-refractivity contribution in [2.45, 2.75) is 86.2 Å². The first-order chi connectivity index (χ1) is 30.2. The Balaban J connectivity index is 1.18. The van der Waals surface area contributed by atoms with E-state index in [1.165, 1.54) is 6.42 Å². The summed E-state index contributed by atoms with van der Waals surface area (Å²) < 4.78 is 12.2. The third kappa shape index (κ3) is 7.52. The molecular formula is C50H53Cl2N7O4. The number of hydrogen-bond donors (Lipinski definition) is 1. The molecule has 9 rings (SSSR count).